The second-order valence-corrected chi connectivity index (χ2v) is 6.54. The lowest BCUT2D eigenvalue weighted by atomic mass is 10.1. The normalized spacial score (nSPS) is 20.6. The van der Waals surface area contributed by atoms with Gasteiger partial charge in [-0.25, -0.2) is 8.42 Å². The van der Waals surface area contributed by atoms with Crippen molar-refractivity contribution in [1.29, 1.82) is 0 Å². The number of methoxy groups -OCH3 is 1. The summed E-state index contributed by atoms with van der Waals surface area (Å²) >= 11 is 0. The van der Waals surface area contributed by atoms with Crippen LogP contribution in [0.2, 0.25) is 0 Å². The minimum atomic E-state index is -3.82. The number of rotatable bonds is 4. The summed E-state index contributed by atoms with van der Waals surface area (Å²) in [6.07, 6.45) is 1.74. The molecule has 0 bridgehead atoms. The van der Waals surface area contributed by atoms with Crippen LogP contribution in [0.15, 0.2) is 29.2 Å². The average Bonchev–Trinajstić information content (AvgIpc) is 2.47. The fourth-order valence-electron chi connectivity index (χ4n) is 2.34. The van der Waals surface area contributed by atoms with Crippen LogP contribution in [-0.2, 0) is 14.8 Å². The van der Waals surface area contributed by atoms with Crippen molar-refractivity contribution in [3.63, 3.8) is 0 Å². The molecule has 1 aliphatic rings. The molecule has 1 N–H and O–H groups in total. The number of nitrogens with zero attached hydrogens (tertiary/aromatic N) is 1. The molecular formula is C13H17NO5S. The van der Waals surface area contributed by atoms with Gasteiger partial charge in [0.25, 0.3) is 0 Å². The molecule has 2 rings (SSSR count). The number of carboxylic acid groups (broad SMARTS) is 1. The van der Waals surface area contributed by atoms with Gasteiger partial charge in [-0.3, -0.25) is 4.79 Å². The summed E-state index contributed by atoms with van der Waals surface area (Å²) in [5.41, 5.74) is 0. The minimum absolute atomic E-state index is 0.0602. The lowest BCUT2D eigenvalue weighted by Crippen LogP contribution is -2.47. The zero-order chi connectivity index (χ0) is 14.8. The monoisotopic (exact) mass is 299 g/mol. The van der Waals surface area contributed by atoms with Crippen LogP contribution in [0.1, 0.15) is 19.3 Å². The maximum Gasteiger partial charge on any atom is 0.322 e. The summed E-state index contributed by atoms with van der Waals surface area (Å²) in [7, 11) is -2.37. The molecular weight excluding hydrogens is 282 g/mol. The fourth-order valence-corrected chi connectivity index (χ4v) is 4.02. The Balaban J connectivity index is 2.39. The SMILES string of the molecule is COc1cccc(S(=O)(=O)N2CCCC[C@@H]2C(=O)O)c1. The van der Waals surface area contributed by atoms with E-state index < -0.39 is 22.0 Å². The van der Waals surface area contributed by atoms with Gasteiger partial charge >= 0.3 is 5.97 Å². The van der Waals surface area contributed by atoms with Gasteiger partial charge in [-0.05, 0) is 31.4 Å². The van der Waals surface area contributed by atoms with Gasteiger partial charge in [-0.2, -0.15) is 4.31 Å². The first-order valence-electron chi connectivity index (χ1n) is 6.35. The molecule has 0 unspecified atom stereocenters. The van der Waals surface area contributed by atoms with E-state index in [-0.39, 0.29) is 11.4 Å². The molecule has 0 spiro atoms. The molecule has 7 heteroatoms. The van der Waals surface area contributed by atoms with E-state index >= 15 is 0 Å². The van der Waals surface area contributed by atoms with Crippen LogP contribution in [0.4, 0.5) is 0 Å². The van der Waals surface area contributed by atoms with Gasteiger partial charge in [-0.1, -0.05) is 6.07 Å². The number of aliphatic carboxylic acids is 1. The van der Waals surface area contributed by atoms with Gasteiger partial charge in [-0.15, -0.1) is 0 Å². The lowest BCUT2D eigenvalue weighted by Gasteiger charge is -2.31. The quantitative estimate of drug-likeness (QED) is 0.906. The molecule has 1 aromatic carbocycles. The van der Waals surface area contributed by atoms with Crippen LogP contribution in [-0.4, -0.2) is 43.5 Å². The van der Waals surface area contributed by atoms with Crippen LogP contribution in [0, 0.1) is 0 Å². The summed E-state index contributed by atoms with van der Waals surface area (Å²) in [6.45, 7) is 0.233. The number of ether oxygens (including phenoxy) is 1. The van der Waals surface area contributed by atoms with E-state index in [1.807, 2.05) is 0 Å². The van der Waals surface area contributed by atoms with E-state index in [2.05, 4.69) is 0 Å². The zero-order valence-corrected chi connectivity index (χ0v) is 12.0. The van der Waals surface area contributed by atoms with Gasteiger partial charge < -0.3 is 9.84 Å². The lowest BCUT2D eigenvalue weighted by molar-refractivity contribution is -0.142. The number of carboxylic acids is 1. The molecule has 0 aromatic heterocycles. The summed E-state index contributed by atoms with van der Waals surface area (Å²) in [4.78, 5) is 11.3. The molecule has 1 aliphatic heterocycles. The van der Waals surface area contributed by atoms with E-state index in [0.717, 1.165) is 10.7 Å². The molecule has 0 radical (unpaired) electrons. The largest absolute Gasteiger partial charge is 0.497 e. The molecule has 1 fully saturated rings. The fraction of sp³-hybridized carbons (Fsp3) is 0.462. The van der Waals surface area contributed by atoms with Gasteiger partial charge in [0.2, 0.25) is 10.0 Å². The maximum absolute atomic E-state index is 12.6. The number of benzene rings is 1. The highest BCUT2D eigenvalue weighted by Gasteiger charge is 2.37. The third-order valence-electron chi connectivity index (χ3n) is 3.39. The van der Waals surface area contributed by atoms with Crippen molar-refractivity contribution in [2.24, 2.45) is 0 Å². The predicted molar refractivity (Wildman–Crippen MR) is 72.2 cm³/mol. The Bertz CT molecular complexity index is 599. The minimum Gasteiger partial charge on any atom is -0.497 e. The van der Waals surface area contributed by atoms with Crippen LogP contribution in [0.25, 0.3) is 0 Å². The Kier molecular flexibility index (Phi) is 4.29. The van der Waals surface area contributed by atoms with Crippen molar-refractivity contribution in [3.05, 3.63) is 24.3 Å². The second kappa shape index (κ2) is 5.80. The summed E-state index contributed by atoms with van der Waals surface area (Å²) < 4.78 is 31.2. The molecule has 0 aliphatic carbocycles. The van der Waals surface area contributed by atoms with E-state index in [9.17, 15) is 18.3 Å². The Labute approximate surface area is 118 Å². The van der Waals surface area contributed by atoms with Gasteiger partial charge in [0.15, 0.2) is 0 Å². The number of carbonyl (C=O) groups is 1. The summed E-state index contributed by atoms with van der Waals surface area (Å²) in [5.74, 6) is -0.675. The first-order valence-corrected chi connectivity index (χ1v) is 7.79. The Morgan fingerprint density at radius 1 is 1.40 bits per heavy atom. The summed E-state index contributed by atoms with van der Waals surface area (Å²) in [5, 5.41) is 9.19. The van der Waals surface area contributed by atoms with Crippen molar-refractivity contribution in [2.75, 3.05) is 13.7 Å². The van der Waals surface area contributed by atoms with Crippen LogP contribution in [0.3, 0.4) is 0 Å². The molecule has 0 amide bonds. The first kappa shape index (κ1) is 14.8. The smallest absolute Gasteiger partial charge is 0.322 e. The van der Waals surface area contributed by atoms with E-state index in [1.165, 1.54) is 19.2 Å². The molecule has 1 heterocycles. The van der Waals surface area contributed by atoms with Crippen LogP contribution in [0.5, 0.6) is 5.75 Å². The number of piperidine rings is 1. The third kappa shape index (κ3) is 2.78. The molecule has 1 saturated heterocycles. The van der Waals surface area contributed by atoms with E-state index in [1.54, 1.807) is 12.1 Å². The molecule has 1 aromatic rings. The van der Waals surface area contributed by atoms with Crippen molar-refractivity contribution < 1.29 is 23.1 Å². The maximum atomic E-state index is 12.6. The first-order chi connectivity index (χ1) is 9.46. The molecule has 20 heavy (non-hydrogen) atoms. The number of sulfonamides is 1. The van der Waals surface area contributed by atoms with Gasteiger partial charge in [0.05, 0.1) is 12.0 Å². The Hall–Kier alpha value is -1.60. The van der Waals surface area contributed by atoms with Crippen LogP contribution < -0.4 is 4.74 Å². The molecule has 6 nitrogen and oxygen atoms in total. The molecule has 1 atom stereocenters. The highest BCUT2D eigenvalue weighted by atomic mass is 32.2. The van der Waals surface area contributed by atoms with Crippen molar-refractivity contribution in [1.82, 2.24) is 4.31 Å². The third-order valence-corrected chi connectivity index (χ3v) is 5.29. The topological polar surface area (TPSA) is 83.9 Å². The molecule has 0 saturated carbocycles. The van der Waals surface area contributed by atoms with E-state index in [4.69, 9.17) is 4.74 Å². The highest BCUT2D eigenvalue weighted by Crippen LogP contribution is 2.27. The molecule has 110 valence electrons. The standard InChI is InChI=1S/C13H17NO5S/c1-19-10-5-4-6-11(9-10)20(17,18)14-8-3-2-7-12(14)13(15)16/h4-6,9,12H,2-3,7-8H2,1H3,(H,15,16)/t12-/m1/s1. The van der Waals surface area contributed by atoms with Gasteiger partial charge in [0.1, 0.15) is 11.8 Å². The zero-order valence-electron chi connectivity index (χ0n) is 11.2. The highest BCUT2D eigenvalue weighted by molar-refractivity contribution is 7.89. The van der Waals surface area contributed by atoms with Crippen molar-refractivity contribution >= 4 is 16.0 Å². The number of hydrogen-bond acceptors (Lipinski definition) is 4. The van der Waals surface area contributed by atoms with Crippen molar-refractivity contribution in [2.45, 2.75) is 30.2 Å². The second-order valence-electron chi connectivity index (χ2n) is 4.64. The van der Waals surface area contributed by atoms with E-state index in [0.29, 0.717) is 18.6 Å². The number of hydrogen-bond donors (Lipinski definition) is 1. The summed E-state index contributed by atoms with van der Waals surface area (Å²) in [6, 6.07) is 5.09. The predicted octanol–water partition coefficient (Wildman–Crippen LogP) is 1.32. The Morgan fingerprint density at radius 3 is 2.80 bits per heavy atom. The van der Waals surface area contributed by atoms with Gasteiger partial charge in [0, 0.05) is 12.6 Å². The Morgan fingerprint density at radius 2 is 2.15 bits per heavy atom. The van der Waals surface area contributed by atoms with Crippen LogP contribution >= 0.6 is 0 Å². The van der Waals surface area contributed by atoms with Crippen molar-refractivity contribution in [3.8, 4) is 5.75 Å². The average molecular weight is 299 g/mol.